The van der Waals surface area contributed by atoms with E-state index in [1.165, 1.54) is 0 Å². The van der Waals surface area contributed by atoms with E-state index in [0.29, 0.717) is 14.5 Å². The van der Waals surface area contributed by atoms with Crippen LogP contribution >= 0.6 is 31.9 Å². The average molecular weight is 451 g/mol. The van der Waals surface area contributed by atoms with E-state index >= 15 is 0 Å². The van der Waals surface area contributed by atoms with Crippen LogP contribution in [0.25, 0.3) is 0 Å². The average Bonchev–Trinajstić information content (AvgIpc) is 2.42. The summed E-state index contributed by atoms with van der Waals surface area (Å²) >= 11 is 6.54. The maximum absolute atomic E-state index is 12.2. The summed E-state index contributed by atoms with van der Waals surface area (Å²) < 4.78 is 6.17. The molecular weight excluding hydrogens is 434 g/mol. The van der Waals surface area contributed by atoms with E-state index in [1.54, 1.807) is 32.0 Å². The first kappa shape index (κ1) is 19.6. The number of esters is 1. The van der Waals surface area contributed by atoms with Crippen LogP contribution < -0.4 is 5.32 Å². The van der Waals surface area contributed by atoms with Crippen LogP contribution in [0, 0.1) is 5.92 Å². The molecule has 1 aromatic rings. The Morgan fingerprint density at radius 2 is 1.78 bits per heavy atom. The molecule has 0 aliphatic rings. The van der Waals surface area contributed by atoms with Crippen LogP contribution in [0.5, 0.6) is 0 Å². The minimum atomic E-state index is -1.20. The van der Waals surface area contributed by atoms with Gasteiger partial charge >= 0.3 is 11.9 Å². The van der Waals surface area contributed by atoms with E-state index in [4.69, 9.17) is 4.74 Å². The molecule has 2 N–H and O–H groups in total. The van der Waals surface area contributed by atoms with E-state index < -0.39 is 29.8 Å². The van der Waals surface area contributed by atoms with Crippen molar-refractivity contribution in [1.29, 1.82) is 0 Å². The van der Waals surface area contributed by atoms with Gasteiger partial charge in [0.1, 0.15) is 6.04 Å². The van der Waals surface area contributed by atoms with E-state index in [1.807, 2.05) is 0 Å². The summed E-state index contributed by atoms with van der Waals surface area (Å²) in [6.07, 6.45) is -0.0900. The molecule has 0 heterocycles. The van der Waals surface area contributed by atoms with E-state index in [2.05, 4.69) is 37.2 Å². The molecule has 0 aliphatic carbocycles. The lowest BCUT2D eigenvalue weighted by Gasteiger charge is -2.21. The summed E-state index contributed by atoms with van der Waals surface area (Å²) in [7, 11) is 0. The van der Waals surface area contributed by atoms with Crippen molar-refractivity contribution in [3.8, 4) is 0 Å². The van der Waals surface area contributed by atoms with Gasteiger partial charge in [0.05, 0.1) is 13.0 Å². The van der Waals surface area contributed by atoms with Gasteiger partial charge in [0.25, 0.3) is 5.91 Å². The Kier molecular flexibility index (Phi) is 7.70. The minimum Gasteiger partial charge on any atom is -0.480 e. The minimum absolute atomic E-state index is 0.0900. The number of carboxylic acids is 1. The van der Waals surface area contributed by atoms with E-state index in [9.17, 15) is 19.5 Å². The zero-order valence-corrected chi connectivity index (χ0v) is 15.8. The molecule has 0 radical (unpaired) electrons. The Labute approximate surface area is 150 Å². The summed E-state index contributed by atoms with van der Waals surface area (Å²) in [5.41, 5.74) is 0.306. The number of rotatable bonds is 7. The number of ether oxygens (including phenoxy) is 1. The number of carboxylic acid groups (broad SMARTS) is 1. The third-order valence-corrected chi connectivity index (χ3v) is 3.96. The number of hydrogen-bond donors (Lipinski definition) is 2. The highest BCUT2D eigenvalue weighted by molar-refractivity contribution is 9.11. The topological polar surface area (TPSA) is 92.7 Å². The third-order valence-electron chi connectivity index (χ3n) is 3.04. The maximum Gasteiger partial charge on any atom is 0.326 e. The maximum atomic E-state index is 12.2. The van der Waals surface area contributed by atoms with Crippen molar-refractivity contribution in [1.82, 2.24) is 5.32 Å². The molecule has 1 amide bonds. The zero-order chi connectivity index (χ0) is 17.6. The molecule has 23 heavy (non-hydrogen) atoms. The molecule has 8 heteroatoms. The predicted octanol–water partition coefficient (Wildman–Crippen LogP) is 2.98. The Morgan fingerprint density at radius 3 is 2.26 bits per heavy atom. The fourth-order valence-corrected chi connectivity index (χ4v) is 3.25. The van der Waals surface area contributed by atoms with Gasteiger partial charge in [-0.2, -0.15) is 0 Å². The second-order valence-corrected chi connectivity index (χ2v) is 6.77. The highest BCUT2D eigenvalue weighted by atomic mass is 79.9. The van der Waals surface area contributed by atoms with E-state index in [-0.39, 0.29) is 13.0 Å². The second-order valence-electron chi connectivity index (χ2n) is 4.93. The lowest BCUT2D eigenvalue weighted by atomic mass is 9.98. The first-order valence-electron chi connectivity index (χ1n) is 6.90. The lowest BCUT2D eigenvalue weighted by Crippen LogP contribution is -2.45. The standard InChI is InChI=1S/C15H17Br2NO5/c1-3-23-12(19)4-8(2)13(15(21)22)18-14(20)9-5-10(16)7-11(17)6-9/h5-8,13H,3-4H2,1-2H3,(H,18,20)(H,21,22)/t8-,13-/m0/s1. The second kappa shape index (κ2) is 9.02. The first-order valence-corrected chi connectivity index (χ1v) is 8.48. The Hall–Kier alpha value is -1.41. The smallest absolute Gasteiger partial charge is 0.326 e. The van der Waals surface area contributed by atoms with Crippen LogP contribution in [0.1, 0.15) is 30.6 Å². The predicted molar refractivity (Wildman–Crippen MR) is 91.1 cm³/mol. The van der Waals surface area contributed by atoms with Gasteiger partial charge in [0.15, 0.2) is 0 Å². The fraction of sp³-hybridized carbons (Fsp3) is 0.400. The van der Waals surface area contributed by atoms with Crippen LogP contribution in [0.15, 0.2) is 27.1 Å². The van der Waals surface area contributed by atoms with Crippen LogP contribution in [-0.2, 0) is 14.3 Å². The van der Waals surface area contributed by atoms with Gasteiger partial charge in [-0.3, -0.25) is 9.59 Å². The molecule has 0 saturated heterocycles. The molecular formula is C15H17Br2NO5. The Morgan fingerprint density at radius 1 is 1.22 bits per heavy atom. The van der Waals surface area contributed by atoms with Gasteiger partial charge in [0.2, 0.25) is 0 Å². The summed E-state index contributed by atoms with van der Waals surface area (Å²) in [6.45, 7) is 3.47. The Balaban J connectivity index is 2.84. The quantitative estimate of drug-likeness (QED) is 0.623. The number of carbonyl (C=O) groups is 3. The molecule has 0 aliphatic heterocycles. The molecule has 0 aromatic heterocycles. The summed E-state index contributed by atoms with van der Waals surface area (Å²) in [5.74, 6) is -2.84. The number of halogens is 2. The molecule has 0 unspecified atom stereocenters. The SMILES string of the molecule is CCOC(=O)C[C@H](C)[C@H](NC(=O)c1cc(Br)cc(Br)c1)C(=O)O. The van der Waals surface area contributed by atoms with Crippen molar-refractivity contribution in [2.45, 2.75) is 26.3 Å². The highest BCUT2D eigenvalue weighted by Crippen LogP contribution is 2.20. The molecule has 0 spiro atoms. The summed E-state index contributed by atoms with van der Waals surface area (Å²) in [5, 5.41) is 11.8. The van der Waals surface area contributed by atoms with Crippen molar-refractivity contribution in [3.63, 3.8) is 0 Å². The highest BCUT2D eigenvalue weighted by Gasteiger charge is 2.29. The van der Waals surface area contributed by atoms with Crippen molar-refractivity contribution in [3.05, 3.63) is 32.7 Å². The molecule has 0 fully saturated rings. The number of carbonyl (C=O) groups excluding carboxylic acids is 2. The monoisotopic (exact) mass is 449 g/mol. The zero-order valence-electron chi connectivity index (χ0n) is 12.6. The number of amides is 1. The number of hydrogen-bond acceptors (Lipinski definition) is 4. The van der Waals surface area contributed by atoms with Crippen LogP contribution in [0.3, 0.4) is 0 Å². The van der Waals surface area contributed by atoms with Crippen molar-refractivity contribution >= 4 is 49.7 Å². The molecule has 0 saturated carbocycles. The molecule has 1 rings (SSSR count). The molecule has 1 aromatic carbocycles. The molecule has 0 bridgehead atoms. The van der Waals surface area contributed by atoms with Crippen LogP contribution in [-0.4, -0.2) is 35.6 Å². The summed E-state index contributed by atoms with van der Waals surface area (Å²) in [4.78, 5) is 35.1. The number of benzene rings is 1. The van der Waals surface area contributed by atoms with Gasteiger partial charge in [-0.15, -0.1) is 0 Å². The van der Waals surface area contributed by atoms with Gasteiger partial charge in [-0.05, 0) is 31.0 Å². The largest absolute Gasteiger partial charge is 0.480 e. The first-order chi connectivity index (χ1) is 10.7. The van der Waals surface area contributed by atoms with Crippen molar-refractivity contribution in [2.24, 2.45) is 5.92 Å². The summed E-state index contributed by atoms with van der Waals surface area (Å²) in [6, 6.07) is 3.73. The van der Waals surface area contributed by atoms with Crippen molar-refractivity contribution < 1.29 is 24.2 Å². The molecule has 2 atom stereocenters. The van der Waals surface area contributed by atoms with Crippen LogP contribution in [0.4, 0.5) is 0 Å². The molecule has 6 nitrogen and oxygen atoms in total. The lowest BCUT2D eigenvalue weighted by molar-refractivity contribution is -0.145. The molecule has 126 valence electrons. The normalized spacial score (nSPS) is 13.0. The van der Waals surface area contributed by atoms with Gasteiger partial charge in [-0.1, -0.05) is 38.8 Å². The number of aliphatic carboxylic acids is 1. The van der Waals surface area contributed by atoms with Gasteiger partial charge in [-0.25, -0.2) is 4.79 Å². The van der Waals surface area contributed by atoms with Crippen molar-refractivity contribution in [2.75, 3.05) is 6.61 Å². The van der Waals surface area contributed by atoms with Gasteiger partial charge < -0.3 is 15.2 Å². The van der Waals surface area contributed by atoms with E-state index in [0.717, 1.165) is 0 Å². The third kappa shape index (κ3) is 6.31. The Bertz CT molecular complexity index is 585. The van der Waals surface area contributed by atoms with Gasteiger partial charge in [0, 0.05) is 14.5 Å². The fourth-order valence-electron chi connectivity index (χ4n) is 1.96. The van der Waals surface area contributed by atoms with Crippen LogP contribution in [0.2, 0.25) is 0 Å². The number of nitrogens with one attached hydrogen (secondary N) is 1.